The van der Waals surface area contributed by atoms with E-state index in [1.165, 1.54) is 5.56 Å². The molecule has 1 fully saturated rings. The van der Waals surface area contributed by atoms with Crippen molar-refractivity contribution in [3.05, 3.63) is 106 Å². The molecule has 6 heteroatoms. The molecule has 1 atom stereocenters. The first-order chi connectivity index (χ1) is 17.7. The molecule has 1 aliphatic rings. The highest BCUT2D eigenvalue weighted by atomic mass is 16.2. The Labute approximate surface area is 211 Å². The number of aryl methyl sites for hydroxylation is 1. The van der Waals surface area contributed by atoms with Gasteiger partial charge in [0.1, 0.15) is 0 Å². The summed E-state index contributed by atoms with van der Waals surface area (Å²) >= 11 is 0. The van der Waals surface area contributed by atoms with Gasteiger partial charge in [-0.15, -0.1) is 0 Å². The second-order valence-corrected chi connectivity index (χ2v) is 9.47. The molecule has 0 spiro atoms. The van der Waals surface area contributed by atoms with Gasteiger partial charge in [0.25, 0.3) is 5.56 Å². The predicted octanol–water partition coefficient (Wildman–Crippen LogP) is 4.41. The van der Waals surface area contributed by atoms with Crippen molar-refractivity contribution < 1.29 is 4.79 Å². The Hall–Kier alpha value is -3.93. The normalized spacial score (nSPS) is 15.7. The molecule has 0 saturated carbocycles. The minimum absolute atomic E-state index is 0.0677. The summed E-state index contributed by atoms with van der Waals surface area (Å²) in [4.78, 5) is 33.4. The quantitative estimate of drug-likeness (QED) is 0.380. The highest BCUT2D eigenvalue weighted by molar-refractivity contribution is 5.80. The third-order valence-corrected chi connectivity index (χ3v) is 6.89. The van der Waals surface area contributed by atoms with Crippen molar-refractivity contribution in [2.45, 2.75) is 32.2 Å². The molecule has 0 unspecified atom stereocenters. The average molecular weight is 481 g/mol. The fourth-order valence-electron chi connectivity index (χ4n) is 4.98. The van der Waals surface area contributed by atoms with E-state index in [0.717, 1.165) is 48.8 Å². The second-order valence-electron chi connectivity index (χ2n) is 9.47. The Morgan fingerprint density at radius 3 is 2.39 bits per heavy atom. The fourth-order valence-corrected chi connectivity index (χ4v) is 4.98. The molecule has 0 bridgehead atoms. The van der Waals surface area contributed by atoms with Crippen LogP contribution in [0.15, 0.2) is 89.7 Å². The summed E-state index contributed by atoms with van der Waals surface area (Å²) in [5.41, 5.74) is 3.84. The smallest absolute Gasteiger partial charge is 0.294 e. The van der Waals surface area contributed by atoms with Crippen LogP contribution in [0.1, 0.15) is 30.4 Å². The molecular weight excluding hydrogens is 448 g/mol. The number of carbonyl (C=O) groups excluding carboxylic acids is 1. The molecule has 5 rings (SSSR count). The van der Waals surface area contributed by atoms with E-state index in [-0.39, 0.29) is 17.4 Å². The van der Waals surface area contributed by atoms with Crippen LogP contribution in [0.4, 0.5) is 5.82 Å². The number of para-hydroxylation sites is 2. The Balaban J connectivity index is 1.30. The summed E-state index contributed by atoms with van der Waals surface area (Å²) in [6.45, 7) is 2.37. The number of carbonyl (C=O) groups is 1. The standard InChI is InChI=1S/C30H32N4O2/c35-29(31-19-9-15-23-11-3-1-4-12-23)25-16-10-20-33(22-25)28-30(36)34(21-24-13-5-2-6-14-24)27-18-8-7-17-26(27)32-28/h1-8,11-14,17-18,25H,9-10,15-16,19-22H2,(H,31,35)/t25-/m0/s1. The van der Waals surface area contributed by atoms with Crippen LogP contribution in [0.2, 0.25) is 0 Å². The molecule has 0 radical (unpaired) electrons. The van der Waals surface area contributed by atoms with E-state index >= 15 is 0 Å². The summed E-state index contributed by atoms with van der Waals surface area (Å²) in [7, 11) is 0. The van der Waals surface area contributed by atoms with Gasteiger partial charge in [-0.25, -0.2) is 4.98 Å². The molecular formula is C30H32N4O2. The van der Waals surface area contributed by atoms with E-state index in [1.807, 2.05) is 77.7 Å². The summed E-state index contributed by atoms with van der Waals surface area (Å²) in [6, 6.07) is 28.1. The van der Waals surface area contributed by atoms with Crippen LogP contribution in [-0.2, 0) is 17.8 Å². The van der Waals surface area contributed by atoms with Crippen molar-refractivity contribution >= 4 is 22.8 Å². The molecule has 1 amide bonds. The van der Waals surface area contributed by atoms with Crippen molar-refractivity contribution in [2.24, 2.45) is 5.92 Å². The molecule has 2 heterocycles. The summed E-state index contributed by atoms with van der Waals surface area (Å²) in [5.74, 6) is 0.357. The van der Waals surface area contributed by atoms with Crippen molar-refractivity contribution in [1.82, 2.24) is 14.9 Å². The van der Waals surface area contributed by atoms with Gasteiger partial charge in [0.05, 0.1) is 23.5 Å². The molecule has 4 aromatic rings. The lowest BCUT2D eigenvalue weighted by molar-refractivity contribution is -0.125. The lowest BCUT2D eigenvalue weighted by Crippen LogP contribution is -2.45. The van der Waals surface area contributed by atoms with Crippen molar-refractivity contribution in [3.8, 4) is 0 Å². The largest absolute Gasteiger partial charge is 0.356 e. The number of rotatable bonds is 8. The van der Waals surface area contributed by atoms with E-state index in [4.69, 9.17) is 4.98 Å². The molecule has 1 aromatic heterocycles. The first-order valence-corrected chi connectivity index (χ1v) is 12.8. The third-order valence-electron chi connectivity index (χ3n) is 6.89. The molecule has 3 aromatic carbocycles. The van der Waals surface area contributed by atoms with Crippen LogP contribution in [0.5, 0.6) is 0 Å². The second kappa shape index (κ2) is 11.2. The number of nitrogens with one attached hydrogen (secondary N) is 1. The number of amides is 1. The van der Waals surface area contributed by atoms with Crippen LogP contribution in [0, 0.1) is 5.92 Å². The van der Waals surface area contributed by atoms with Gasteiger partial charge in [0.15, 0.2) is 5.82 Å². The van der Waals surface area contributed by atoms with Crippen LogP contribution in [0.25, 0.3) is 11.0 Å². The van der Waals surface area contributed by atoms with E-state index in [9.17, 15) is 9.59 Å². The Morgan fingerprint density at radius 2 is 1.61 bits per heavy atom. The SMILES string of the molecule is O=C(NCCCc1ccccc1)[C@H]1CCCN(c2nc3ccccc3n(Cc3ccccc3)c2=O)C1. The number of benzene rings is 3. The maximum absolute atomic E-state index is 13.7. The number of hydrogen-bond donors (Lipinski definition) is 1. The molecule has 1 saturated heterocycles. The number of hydrogen-bond acceptors (Lipinski definition) is 4. The summed E-state index contributed by atoms with van der Waals surface area (Å²) in [5, 5.41) is 3.11. The minimum Gasteiger partial charge on any atom is -0.356 e. The zero-order valence-corrected chi connectivity index (χ0v) is 20.5. The highest BCUT2D eigenvalue weighted by Gasteiger charge is 2.28. The van der Waals surface area contributed by atoms with Crippen molar-refractivity contribution in [1.29, 1.82) is 0 Å². The fraction of sp³-hybridized carbons (Fsp3) is 0.300. The maximum Gasteiger partial charge on any atom is 0.294 e. The number of fused-ring (bicyclic) bond motifs is 1. The third kappa shape index (κ3) is 5.48. The zero-order valence-electron chi connectivity index (χ0n) is 20.5. The van der Waals surface area contributed by atoms with Gasteiger partial charge in [0.2, 0.25) is 5.91 Å². The van der Waals surface area contributed by atoms with Crippen LogP contribution in [0.3, 0.4) is 0 Å². The lowest BCUT2D eigenvalue weighted by Gasteiger charge is -2.32. The van der Waals surface area contributed by atoms with Crippen LogP contribution >= 0.6 is 0 Å². The first kappa shape index (κ1) is 23.8. The van der Waals surface area contributed by atoms with Crippen molar-refractivity contribution in [2.75, 3.05) is 24.5 Å². The van der Waals surface area contributed by atoms with Gasteiger partial charge in [-0.1, -0.05) is 72.8 Å². The molecule has 1 N–H and O–H groups in total. The molecule has 6 nitrogen and oxygen atoms in total. The number of nitrogens with zero attached hydrogens (tertiary/aromatic N) is 3. The van der Waals surface area contributed by atoms with Gasteiger partial charge >= 0.3 is 0 Å². The van der Waals surface area contributed by atoms with Gasteiger partial charge in [-0.2, -0.15) is 0 Å². The predicted molar refractivity (Wildman–Crippen MR) is 144 cm³/mol. The van der Waals surface area contributed by atoms with E-state index in [2.05, 4.69) is 17.4 Å². The van der Waals surface area contributed by atoms with E-state index in [1.54, 1.807) is 4.57 Å². The summed E-state index contributed by atoms with van der Waals surface area (Å²) in [6.07, 6.45) is 3.53. The highest BCUT2D eigenvalue weighted by Crippen LogP contribution is 2.22. The molecule has 36 heavy (non-hydrogen) atoms. The van der Waals surface area contributed by atoms with E-state index < -0.39 is 0 Å². The Kier molecular flexibility index (Phi) is 7.41. The minimum atomic E-state index is -0.147. The maximum atomic E-state index is 13.7. The van der Waals surface area contributed by atoms with Gasteiger partial charge < -0.3 is 10.2 Å². The summed E-state index contributed by atoms with van der Waals surface area (Å²) < 4.78 is 1.81. The van der Waals surface area contributed by atoms with Gasteiger partial charge in [-0.3, -0.25) is 14.2 Å². The Morgan fingerprint density at radius 1 is 0.917 bits per heavy atom. The number of anilines is 1. The molecule has 184 valence electrons. The average Bonchev–Trinajstić information content (AvgIpc) is 2.93. The number of piperidine rings is 1. The van der Waals surface area contributed by atoms with Gasteiger partial charge in [-0.05, 0) is 48.9 Å². The van der Waals surface area contributed by atoms with Crippen LogP contribution < -0.4 is 15.8 Å². The topological polar surface area (TPSA) is 67.2 Å². The molecule has 0 aliphatic carbocycles. The number of aromatic nitrogens is 2. The van der Waals surface area contributed by atoms with Crippen molar-refractivity contribution in [3.63, 3.8) is 0 Å². The van der Waals surface area contributed by atoms with E-state index in [0.29, 0.717) is 25.5 Å². The lowest BCUT2D eigenvalue weighted by atomic mass is 9.97. The van der Waals surface area contributed by atoms with Crippen LogP contribution in [-0.4, -0.2) is 35.1 Å². The first-order valence-electron chi connectivity index (χ1n) is 12.8. The van der Waals surface area contributed by atoms with Gasteiger partial charge in [0, 0.05) is 19.6 Å². The zero-order chi connectivity index (χ0) is 24.7. The monoisotopic (exact) mass is 480 g/mol. The molecule has 1 aliphatic heterocycles. The Bertz CT molecular complexity index is 1370.